The molecule has 3 heterocycles. The molecule has 2 aromatic rings. The smallest absolute Gasteiger partial charge is 0.274 e. The van der Waals surface area contributed by atoms with Gasteiger partial charge in [0.15, 0.2) is 5.69 Å². The average Bonchev–Trinajstić information content (AvgIpc) is 3.45. The van der Waals surface area contributed by atoms with Gasteiger partial charge in [-0.15, -0.1) is 0 Å². The molecule has 3 aliphatic carbocycles. The normalized spacial score (nSPS) is 26.5. The topological polar surface area (TPSA) is 101 Å². The number of piperazine rings is 1. The lowest BCUT2D eigenvalue weighted by molar-refractivity contribution is -0.135. The number of aryl methyl sites for hydroxylation is 2. The maximum Gasteiger partial charge on any atom is 0.274 e. The number of carbonyl (C=O) groups excluding carboxylic acids is 2. The molecule has 2 saturated carbocycles. The summed E-state index contributed by atoms with van der Waals surface area (Å²) >= 11 is 0. The van der Waals surface area contributed by atoms with Crippen molar-refractivity contribution in [3.63, 3.8) is 0 Å². The van der Waals surface area contributed by atoms with Crippen LogP contribution in [-0.2, 0) is 17.8 Å². The summed E-state index contributed by atoms with van der Waals surface area (Å²) in [4.78, 5) is 33.1. The van der Waals surface area contributed by atoms with Gasteiger partial charge in [-0.05, 0) is 75.7 Å². The Balaban J connectivity index is 1.06. The lowest BCUT2D eigenvalue weighted by Gasteiger charge is -2.34. The highest BCUT2D eigenvalue weighted by Gasteiger charge is 2.50. The maximum atomic E-state index is 13.5. The van der Waals surface area contributed by atoms with Crippen molar-refractivity contribution in [2.45, 2.75) is 70.4 Å². The molecule has 1 aliphatic heterocycles. The van der Waals surface area contributed by atoms with Crippen LogP contribution in [-0.4, -0.2) is 80.4 Å². The first kappa shape index (κ1) is 24.4. The zero-order valence-corrected chi connectivity index (χ0v) is 21.6. The van der Waals surface area contributed by atoms with Gasteiger partial charge < -0.3 is 19.6 Å². The third kappa shape index (κ3) is 4.85. The van der Waals surface area contributed by atoms with Crippen molar-refractivity contribution < 1.29 is 19.4 Å². The zero-order chi connectivity index (χ0) is 25.5. The molecule has 0 bridgehead atoms. The van der Waals surface area contributed by atoms with E-state index in [-0.39, 0.29) is 17.9 Å². The molecule has 1 N–H and O–H groups in total. The monoisotopic (exact) mass is 507 g/mol. The molecular formula is C28H37N5O4. The molecule has 9 heteroatoms. The van der Waals surface area contributed by atoms with Gasteiger partial charge in [-0.3, -0.25) is 14.3 Å². The van der Waals surface area contributed by atoms with Crippen LogP contribution >= 0.6 is 0 Å². The standard InChI is InChI=1S/C28H37N5O4/c1-18-3-2-9-29-27(18)37-21-6-4-19(5-7-21)8-10-33-23-16-20-15-22(20)25(23)26(30-33)28(36)32-13-11-31(12-14-32)24(35)17-34/h2-3,9,19-22,34H,4-8,10-17H2,1H3/t19-,20-,21+,22-/m1/s1. The predicted molar refractivity (Wildman–Crippen MR) is 136 cm³/mol. The summed E-state index contributed by atoms with van der Waals surface area (Å²) < 4.78 is 8.32. The first-order valence-electron chi connectivity index (χ1n) is 13.9. The molecular weight excluding hydrogens is 470 g/mol. The van der Waals surface area contributed by atoms with E-state index in [1.54, 1.807) is 11.1 Å². The third-order valence-electron chi connectivity index (χ3n) is 8.89. The number of carbonyl (C=O) groups is 2. The molecule has 0 spiro atoms. The van der Waals surface area contributed by atoms with E-state index in [0.717, 1.165) is 56.5 Å². The Morgan fingerprint density at radius 1 is 1.11 bits per heavy atom. The van der Waals surface area contributed by atoms with Crippen LogP contribution in [0.4, 0.5) is 0 Å². The van der Waals surface area contributed by atoms with Crippen molar-refractivity contribution in [3.8, 4) is 5.88 Å². The fourth-order valence-corrected chi connectivity index (χ4v) is 6.54. The minimum Gasteiger partial charge on any atom is -0.474 e. The van der Waals surface area contributed by atoms with Crippen LogP contribution in [0.2, 0.25) is 0 Å². The molecule has 3 fully saturated rings. The van der Waals surface area contributed by atoms with Crippen molar-refractivity contribution in [2.75, 3.05) is 32.8 Å². The van der Waals surface area contributed by atoms with Crippen LogP contribution in [0, 0.1) is 18.8 Å². The second-order valence-electron chi connectivity index (χ2n) is 11.2. The Hall–Kier alpha value is -2.94. The van der Waals surface area contributed by atoms with E-state index in [0.29, 0.717) is 49.6 Å². The van der Waals surface area contributed by atoms with Crippen molar-refractivity contribution in [1.82, 2.24) is 24.6 Å². The molecule has 0 unspecified atom stereocenters. The fourth-order valence-electron chi connectivity index (χ4n) is 6.54. The summed E-state index contributed by atoms with van der Waals surface area (Å²) in [7, 11) is 0. The van der Waals surface area contributed by atoms with Gasteiger partial charge >= 0.3 is 0 Å². The highest BCUT2D eigenvalue weighted by atomic mass is 16.5. The molecule has 1 saturated heterocycles. The van der Waals surface area contributed by atoms with Gasteiger partial charge in [0, 0.05) is 55.7 Å². The number of hydrogen-bond acceptors (Lipinski definition) is 6. The van der Waals surface area contributed by atoms with Crippen molar-refractivity contribution >= 4 is 11.8 Å². The fraction of sp³-hybridized carbons (Fsp3) is 0.643. The van der Waals surface area contributed by atoms with Gasteiger partial charge in [-0.1, -0.05) is 6.07 Å². The summed E-state index contributed by atoms with van der Waals surface area (Å²) in [5.41, 5.74) is 4.21. The van der Waals surface area contributed by atoms with E-state index < -0.39 is 6.61 Å². The predicted octanol–water partition coefficient (Wildman–Crippen LogP) is 2.55. The van der Waals surface area contributed by atoms with Crippen molar-refractivity contribution in [3.05, 3.63) is 40.8 Å². The molecule has 198 valence electrons. The Bertz CT molecular complexity index is 1160. The first-order valence-corrected chi connectivity index (χ1v) is 13.9. The Kier molecular flexibility index (Phi) is 6.65. The Morgan fingerprint density at radius 2 is 1.86 bits per heavy atom. The average molecular weight is 508 g/mol. The summed E-state index contributed by atoms with van der Waals surface area (Å²) in [5, 5.41) is 14.0. The second-order valence-corrected chi connectivity index (χ2v) is 11.2. The number of aromatic nitrogens is 3. The van der Waals surface area contributed by atoms with Crippen molar-refractivity contribution in [2.24, 2.45) is 11.8 Å². The Labute approximate surface area is 217 Å². The minimum absolute atomic E-state index is 0.00104. The van der Waals surface area contributed by atoms with Crippen molar-refractivity contribution in [1.29, 1.82) is 0 Å². The van der Waals surface area contributed by atoms with Gasteiger partial charge in [0.05, 0.1) is 0 Å². The van der Waals surface area contributed by atoms with E-state index in [1.807, 2.05) is 24.0 Å². The maximum absolute atomic E-state index is 13.5. The van der Waals surface area contributed by atoms with Crippen LogP contribution in [0.25, 0.3) is 0 Å². The van der Waals surface area contributed by atoms with E-state index in [1.165, 1.54) is 17.7 Å². The van der Waals surface area contributed by atoms with E-state index in [2.05, 4.69) is 9.67 Å². The van der Waals surface area contributed by atoms with Gasteiger partial charge in [0.2, 0.25) is 11.8 Å². The molecule has 6 rings (SSSR count). The first-order chi connectivity index (χ1) is 18.0. The summed E-state index contributed by atoms with van der Waals surface area (Å²) in [6.45, 7) is 4.33. The molecule has 2 amide bonds. The van der Waals surface area contributed by atoms with Gasteiger partial charge in [0.25, 0.3) is 5.91 Å². The molecule has 0 radical (unpaired) electrons. The third-order valence-corrected chi connectivity index (χ3v) is 8.89. The highest BCUT2D eigenvalue weighted by molar-refractivity contribution is 5.95. The van der Waals surface area contributed by atoms with Gasteiger partial charge in [0.1, 0.15) is 12.7 Å². The number of amides is 2. The SMILES string of the molecule is Cc1cccnc1O[C@H]1CC[C@@H](CCn2nc(C(=O)N3CCN(C(=O)CO)CC3)c3c2C[C@H]2C[C@@H]32)CC1. The lowest BCUT2D eigenvalue weighted by Crippen LogP contribution is -2.51. The van der Waals surface area contributed by atoms with E-state index >= 15 is 0 Å². The molecule has 4 aliphatic rings. The second kappa shape index (κ2) is 10.1. The molecule has 2 aromatic heterocycles. The minimum atomic E-state index is -0.479. The van der Waals surface area contributed by atoms with Crippen LogP contribution in [0.3, 0.4) is 0 Å². The number of ether oxygens (including phenoxy) is 1. The van der Waals surface area contributed by atoms with Crippen LogP contribution < -0.4 is 4.74 Å². The molecule has 9 nitrogen and oxygen atoms in total. The summed E-state index contributed by atoms with van der Waals surface area (Å²) in [6.07, 6.45) is 9.73. The van der Waals surface area contributed by atoms with Gasteiger partial charge in [-0.25, -0.2) is 4.98 Å². The number of pyridine rings is 1. The summed E-state index contributed by atoms with van der Waals surface area (Å²) in [6, 6.07) is 3.98. The van der Waals surface area contributed by atoms with Crippen LogP contribution in [0.1, 0.15) is 71.8 Å². The zero-order valence-electron chi connectivity index (χ0n) is 21.6. The molecule has 2 atom stereocenters. The van der Waals surface area contributed by atoms with Gasteiger partial charge in [-0.2, -0.15) is 5.10 Å². The summed E-state index contributed by atoms with van der Waals surface area (Å²) in [5.74, 6) is 2.33. The largest absolute Gasteiger partial charge is 0.474 e. The quantitative estimate of drug-likeness (QED) is 0.618. The Morgan fingerprint density at radius 3 is 2.59 bits per heavy atom. The number of rotatable bonds is 7. The lowest BCUT2D eigenvalue weighted by atomic mass is 9.85. The number of aliphatic hydroxyl groups is 1. The van der Waals surface area contributed by atoms with Crippen LogP contribution in [0.5, 0.6) is 5.88 Å². The van der Waals surface area contributed by atoms with Crippen LogP contribution in [0.15, 0.2) is 18.3 Å². The molecule has 37 heavy (non-hydrogen) atoms. The van der Waals surface area contributed by atoms with E-state index in [4.69, 9.17) is 14.9 Å². The van der Waals surface area contributed by atoms with E-state index in [9.17, 15) is 9.59 Å². The highest BCUT2D eigenvalue weighted by Crippen LogP contribution is 2.57. The number of nitrogens with zero attached hydrogens (tertiary/aromatic N) is 5. The number of fused-ring (bicyclic) bond motifs is 3. The number of hydrogen-bond donors (Lipinski definition) is 1. The molecule has 0 aromatic carbocycles. The number of aliphatic hydroxyl groups excluding tert-OH is 1.